The molecule has 0 unspecified atom stereocenters. The van der Waals surface area contributed by atoms with Crippen LogP contribution in [0.25, 0.3) is 11.1 Å². The first kappa shape index (κ1) is 19.9. The van der Waals surface area contributed by atoms with Gasteiger partial charge in [0, 0.05) is 50.0 Å². The molecule has 2 heterocycles. The second kappa shape index (κ2) is 8.93. The van der Waals surface area contributed by atoms with Gasteiger partial charge in [-0.25, -0.2) is 4.79 Å². The first-order valence-corrected chi connectivity index (χ1v) is 10.5. The maximum absolute atomic E-state index is 12.5. The van der Waals surface area contributed by atoms with E-state index in [0.29, 0.717) is 12.6 Å². The maximum Gasteiger partial charge on any atom is 0.317 e. The third-order valence-electron chi connectivity index (χ3n) is 6.28. The summed E-state index contributed by atoms with van der Waals surface area (Å²) >= 11 is 0. The number of likely N-dealkylation sites (N-methyl/N-ethyl adjacent to an activating group) is 1. The molecule has 1 aromatic carbocycles. The van der Waals surface area contributed by atoms with Crippen LogP contribution in [0.15, 0.2) is 48.8 Å². The van der Waals surface area contributed by atoms with Crippen molar-refractivity contribution in [1.29, 1.82) is 0 Å². The fraction of sp³-hybridized carbons (Fsp3) is 0.478. The molecule has 1 aliphatic heterocycles. The highest BCUT2D eigenvalue weighted by Gasteiger charge is 2.41. The molecule has 3 N–H and O–H groups in total. The lowest BCUT2D eigenvalue weighted by Crippen LogP contribution is -2.65. The number of nitrogens with zero attached hydrogens (tertiary/aromatic N) is 2. The number of amides is 2. The summed E-state index contributed by atoms with van der Waals surface area (Å²) in [4.78, 5) is 18.4. The molecular weight excluding hydrogens is 364 g/mol. The highest BCUT2D eigenvalue weighted by molar-refractivity contribution is 5.74. The van der Waals surface area contributed by atoms with Crippen molar-refractivity contribution >= 4 is 6.03 Å². The van der Waals surface area contributed by atoms with Crippen LogP contribution >= 0.6 is 0 Å². The maximum atomic E-state index is 12.5. The van der Waals surface area contributed by atoms with E-state index in [9.17, 15) is 9.90 Å². The van der Waals surface area contributed by atoms with Crippen LogP contribution in [0, 0.1) is 0 Å². The molecular formula is C23H30N4O2. The smallest absolute Gasteiger partial charge is 0.317 e. The minimum Gasteiger partial charge on any atom is -0.395 e. The minimum atomic E-state index is -0.00294. The largest absolute Gasteiger partial charge is 0.395 e. The average Bonchev–Trinajstić information content (AvgIpc) is 3.25. The third kappa shape index (κ3) is 4.43. The zero-order chi connectivity index (χ0) is 20.2. The zero-order valence-corrected chi connectivity index (χ0v) is 16.9. The van der Waals surface area contributed by atoms with Crippen LogP contribution in [0.4, 0.5) is 4.79 Å². The summed E-state index contributed by atoms with van der Waals surface area (Å²) in [6.45, 7) is 0.702. The Morgan fingerprint density at radius 3 is 2.59 bits per heavy atom. The number of carbonyl (C=O) groups is 1. The second-order valence-corrected chi connectivity index (χ2v) is 8.26. The Bertz CT molecular complexity index is 805. The van der Waals surface area contributed by atoms with Gasteiger partial charge in [-0.1, -0.05) is 43.2 Å². The van der Waals surface area contributed by atoms with Crippen LogP contribution in [0.3, 0.4) is 0 Å². The molecule has 0 radical (unpaired) electrons. The highest BCUT2D eigenvalue weighted by atomic mass is 16.3. The first-order chi connectivity index (χ1) is 14.2. The fourth-order valence-corrected chi connectivity index (χ4v) is 4.61. The van der Waals surface area contributed by atoms with E-state index in [-0.39, 0.29) is 30.6 Å². The molecule has 154 valence electrons. The van der Waals surface area contributed by atoms with Crippen molar-refractivity contribution < 1.29 is 9.90 Å². The van der Waals surface area contributed by atoms with E-state index in [4.69, 9.17) is 0 Å². The standard InChI is InChI=1S/C23H30N4O2/c1-27(23(29)25-19-6-2-3-7-19)14-20-22(21(15-28)26-20)17-10-8-16(9-11-17)18-5-4-12-24-13-18/h4-5,8-13,19-22,26,28H,2-3,6-7,14-15H2,1H3,(H,25,29)/t20-,21-,22-/m1/s1. The van der Waals surface area contributed by atoms with E-state index >= 15 is 0 Å². The van der Waals surface area contributed by atoms with Gasteiger partial charge in [-0.2, -0.15) is 0 Å². The van der Waals surface area contributed by atoms with Crippen LogP contribution in [0.1, 0.15) is 37.2 Å². The number of benzene rings is 1. The second-order valence-electron chi connectivity index (χ2n) is 8.26. The van der Waals surface area contributed by atoms with Gasteiger partial charge in [0.25, 0.3) is 0 Å². The van der Waals surface area contributed by atoms with E-state index in [1.54, 1.807) is 11.1 Å². The number of carbonyl (C=O) groups excluding carboxylic acids is 1. The molecule has 3 atom stereocenters. The van der Waals surface area contributed by atoms with Gasteiger partial charge < -0.3 is 20.6 Å². The van der Waals surface area contributed by atoms with E-state index in [2.05, 4.69) is 39.9 Å². The molecule has 2 fully saturated rings. The molecule has 2 amide bonds. The van der Waals surface area contributed by atoms with E-state index in [1.165, 1.54) is 18.4 Å². The highest BCUT2D eigenvalue weighted by Crippen LogP contribution is 2.33. The number of rotatable bonds is 6. The van der Waals surface area contributed by atoms with Crippen LogP contribution in [0.2, 0.25) is 0 Å². The Balaban J connectivity index is 1.40. The zero-order valence-electron chi connectivity index (χ0n) is 16.9. The number of pyridine rings is 1. The number of aliphatic hydroxyl groups excluding tert-OH is 1. The lowest BCUT2D eigenvalue weighted by atomic mass is 9.77. The molecule has 0 spiro atoms. The summed E-state index contributed by atoms with van der Waals surface area (Å²) in [6, 6.07) is 12.9. The van der Waals surface area contributed by atoms with Gasteiger partial charge in [0.15, 0.2) is 0 Å². The number of nitrogens with one attached hydrogen (secondary N) is 2. The third-order valence-corrected chi connectivity index (χ3v) is 6.28. The number of aromatic nitrogens is 1. The molecule has 1 aromatic heterocycles. The van der Waals surface area contributed by atoms with Gasteiger partial charge in [0.1, 0.15) is 0 Å². The Labute approximate surface area is 172 Å². The summed E-state index contributed by atoms with van der Waals surface area (Å²) in [7, 11) is 1.85. The van der Waals surface area contributed by atoms with Crippen LogP contribution in [0.5, 0.6) is 0 Å². The van der Waals surface area contributed by atoms with Crippen molar-refractivity contribution in [2.45, 2.75) is 49.7 Å². The van der Waals surface area contributed by atoms with E-state index in [0.717, 1.165) is 24.0 Å². The summed E-state index contributed by atoms with van der Waals surface area (Å²) < 4.78 is 0. The van der Waals surface area contributed by atoms with Crippen molar-refractivity contribution in [1.82, 2.24) is 20.5 Å². The van der Waals surface area contributed by atoms with Crippen molar-refractivity contribution in [3.8, 4) is 11.1 Å². The molecule has 2 aliphatic rings. The lowest BCUT2D eigenvalue weighted by Gasteiger charge is -2.47. The van der Waals surface area contributed by atoms with E-state index in [1.807, 2.05) is 25.4 Å². The SMILES string of the molecule is CN(C[C@H]1N[C@H](CO)[C@@H]1c1ccc(-c2cccnc2)cc1)C(=O)NC1CCCC1. The lowest BCUT2D eigenvalue weighted by molar-refractivity contribution is 0.109. The molecule has 1 saturated carbocycles. The molecule has 2 aromatic rings. The number of urea groups is 1. The van der Waals surface area contributed by atoms with Gasteiger partial charge in [-0.15, -0.1) is 0 Å². The van der Waals surface area contributed by atoms with Gasteiger partial charge in [0.05, 0.1) is 6.61 Å². The molecule has 4 rings (SSSR count). The van der Waals surface area contributed by atoms with Crippen molar-refractivity contribution in [2.75, 3.05) is 20.2 Å². The van der Waals surface area contributed by atoms with Gasteiger partial charge >= 0.3 is 6.03 Å². The van der Waals surface area contributed by atoms with Crippen molar-refractivity contribution in [3.63, 3.8) is 0 Å². The van der Waals surface area contributed by atoms with Crippen LogP contribution in [-0.4, -0.2) is 59.3 Å². The quantitative estimate of drug-likeness (QED) is 0.704. The van der Waals surface area contributed by atoms with Gasteiger partial charge in [-0.3, -0.25) is 4.98 Å². The Hall–Kier alpha value is -2.44. The van der Waals surface area contributed by atoms with Gasteiger partial charge in [0.2, 0.25) is 0 Å². The minimum absolute atomic E-state index is 0.00294. The molecule has 0 bridgehead atoms. The number of aliphatic hydroxyl groups is 1. The summed E-state index contributed by atoms with van der Waals surface area (Å²) in [6.07, 6.45) is 8.20. The van der Waals surface area contributed by atoms with Crippen LogP contribution in [-0.2, 0) is 0 Å². The monoisotopic (exact) mass is 394 g/mol. The Kier molecular flexibility index (Phi) is 6.11. The molecule has 6 heteroatoms. The normalized spacial score (nSPS) is 24.1. The van der Waals surface area contributed by atoms with Crippen molar-refractivity contribution in [3.05, 3.63) is 54.4 Å². The van der Waals surface area contributed by atoms with Crippen molar-refractivity contribution in [2.24, 2.45) is 0 Å². The summed E-state index contributed by atoms with van der Waals surface area (Å²) in [5.74, 6) is 0.185. The molecule has 6 nitrogen and oxygen atoms in total. The van der Waals surface area contributed by atoms with E-state index < -0.39 is 0 Å². The first-order valence-electron chi connectivity index (χ1n) is 10.5. The predicted octanol–water partition coefficient (Wildman–Crippen LogP) is 2.75. The predicted molar refractivity (Wildman–Crippen MR) is 114 cm³/mol. The molecule has 29 heavy (non-hydrogen) atoms. The van der Waals surface area contributed by atoms with Crippen LogP contribution < -0.4 is 10.6 Å². The fourth-order valence-electron chi connectivity index (χ4n) is 4.61. The number of hydrogen-bond acceptors (Lipinski definition) is 4. The topological polar surface area (TPSA) is 77.5 Å². The summed E-state index contributed by atoms with van der Waals surface area (Å²) in [5.41, 5.74) is 3.40. The molecule has 1 saturated heterocycles. The van der Waals surface area contributed by atoms with Gasteiger partial charge in [-0.05, 0) is 35.6 Å². The average molecular weight is 395 g/mol. The molecule has 1 aliphatic carbocycles. The Morgan fingerprint density at radius 1 is 1.17 bits per heavy atom. The number of hydrogen-bond donors (Lipinski definition) is 3. The Morgan fingerprint density at radius 2 is 1.93 bits per heavy atom. The summed E-state index contributed by atoms with van der Waals surface area (Å²) in [5, 5.41) is 16.3.